The summed E-state index contributed by atoms with van der Waals surface area (Å²) in [5.74, 6) is 0. The van der Waals surface area contributed by atoms with Crippen molar-refractivity contribution in [2.75, 3.05) is 6.61 Å². The van der Waals surface area contributed by atoms with E-state index in [-0.39, 0.29) is 5.63 Å². The summed E-state index contributed by atoms with van der Waals surface area (Å²) in [6.07, 6.45) is 0. The molecule has 4 heteroatoms. The molecule has 1 N–H and O–H groups in total. The van der Waals surface area contributed by atoms with E-state index in [1.165, 1.54) is 6.07 Å². The second-order valence-electron chi connectivity index (χ2n) is 1.83. The van der Waals surface area contributed by atoms with E-state index in [1.807, 2.05) is 6.92 Å². The number of rotatable bonds is 3. The normalized spacial score (nSPS) is 10.1. The zero-order valence-corrected chi connectivity index (χ0v) is 5.72. The second kappa shape index (κ2) is 3.22. The highest BCUT2D eigenvalue weighted by Crippen LogP contribution is 1.91. The smallest absolute Gasteiger partial charge is 0.357 e. The van der Waals surface area contributed by atoms with E-state index in [4.69, 9.17) is 4.74 Å². The molecule has 0 amide bonds. The van der Waals surface area contributed by atoms with Gasteiger partial charge in [0, 0.05) is 6.61 Å². The first kappa shape index (κ1) is 7.08. The van der Waals surface area contributed by atoms with Crippen molar-refractivity contribution >= 4 is 0 Å². The van der Waals surface area contributed by atoms with Gasteiger partial charge in [-0.15, -0.1) is 0 Å². The molecule has 0 unspecified atom stereocenters. The minimum absolute atomic E-state index is 0.366. The Morgan fingerprint density at radius 1 is 1.80 bits per heavy atom. The van der Waals surface area contributed by atoms with Crippen LogP contribution in [0.3, 0.4) is 0 Å². The molecule has 0 saturated heterocycles. The van der Waals surface area contributed by atoms with Crippen LogP contribution in [0.2, 0.25) is 0 Å². The van der Waals surface area contributed by atoms with Crippen LogP contribution in [0.4, 0.5) is 0 Å². The van der Waals surface area contributed by atoms with E-state index in [0.29, 0.717) is 18.9 Å². The summed E-state index contributed by atoms with van der Waals surface area (Å²) < 4.78 is 9.40. The largest absolute Gasteiger partial charge is 0.375 e. The summed E-state index contributed by atoms with van der Waals surface area (Å²) in [6.45, 7) is 2.92. The van der Waals surface area contributed by atoms with Gasteiger partial charge in [0.25, 0.3) is 0 Å². The van der Waals surface area contributed by atoms with Gasteiger partial charge in [0.05, 0.1) is 18.4 Å². The molecule has 4 nitrogen and oxygen atoms in total. The molecule has 0 aliphatic heterocycles. The molecule has 0 atom stereocenters. The first-order valence-corrected chi connectivity index (χ1v) is 3.08. The van der Waals surface area contributed by atoms with Crippen LogP contribution in [-0.4, -0.2) is 11.8 Å². The minimum Gasteiger partial charge on any atom is -0.375 e. The standard InChI is InChI=1S/C6H9NO3/c1-2-9-4-5-3-6(8)10-7-5/h3,7H,2,4H2,1H3. The third-order valence-corrected chi connectivity index (χ3v) is 1.04. The van der Waals surface area contributed by atoms with E-state index >= 15 is 0 Å². The molecule has 10 heavy (non-hydrogen) atoms. The molecule has 1 aromatic rings. The lowest BCUT2D eigenvalue weighted by molar-refractivity contribution is 0.128. The van der Waals surface area contributed by atoms with Crippen LogP contribution in [0.1, 0.15) is 12.6 Å². The van der Waals surface area contributed by atoms with Crippen LogP contribution in [0.25, 0.3) is 0 Å². The fraction of sp³-hybridized carbons (Fsp3) is 0.500. The van der Waals surface area contributed by atoms with Gasteiger partial charge in [-0.3, -0.25) is 0 Å². The van der Waals surface area contributed by atoms with Crippen molar-refractivity contribution in [1.29, 1.82) is 0 Å². The van der Waals surface area contributed by atoms with Crippen LogP contribution in [0.5, 0.6) is 0 Å². The highest BCUT2D eigenvalue weighted by atomic mass is 16.5. The van der Waals surface area contributed by atoms with Gasteiger partial charge in [0.15, 0.2) is 0 Å². The molecule has 0 spiro atoms. The summed E-state index contributed by atoms with van der Waals surface area (Å²) >= 11 is 0. The summed E-state index contributed by atoms with van der Waals surface area (Å²) in [5, 5.41) is 2.43. The molecular formula is C6H9NO3. The van der Waals surface area contributed by atoms with Crippen molar-refractivity contribution in [2.45, 2.75) is 13.5 Å². The molecule has 56 valence electrons. The van der Waals surface area contributed by atoms with Gasteiger partial charge in [0.2, 0.25) is 0 Å². The average Bonchev–Trinajstić information content (AvgIpc) is 2.31. The minimum atomic E-state index is -0.366. The second-order valence-corrected chi connectivity index (χ2v) is 1.83. The highest BCUT2D eigenvalue weighted by molar-refractivity contribution is 4.92. The number of H-pyrrole nitrogens is 1. The number of ether oxygens (including phenoxy) is 1. The SMILES string of the molecule is CCOCc1cc(=O)o[nH]1. The van der Waals surface area contributed by atoms with Crippen molar-refractivity contribution < 1.29 is 9.26 Å². The Hall–Kier alpha value is -1.03. The molecule has 0 aliphatic carbocycles. The van der Waals surface area contributed by atoms with Crippen molar-refractivity contribution in [3.8, 4) is 0 Å². The maximum absolute atomic E-state index is 10.4. The molecule has 1 rings (SSSR count). The third-order valence-electron chi connectivity index (χ3n) is 1.04. The molecule has 1 heterocycles. The molecule has 0 aliphatic rings. The molecule has 0 bridgehead atoms. The Balaban J connectivity index is 2.50. The first-order valence-electron chi connectivity index (χ1n) is 3.08. The van der Waals surface area contributed by atoms with Crippen LogP contribution in [0.15, 0.2) is 15.4 Å². The molecular weight excluding hydrogens is 134 g/mol. The Labute approximate surface area is 57.8 Å². The average molecular weight is 143 g/mol. The van der Waals surface area contributed by atoms with Crippen molar-refractivity contribution in [1.82, 2.24) is 5.16 Å². The van der Waals surface area contributed by atoms with E-state index in [2.05, 4.69) is 9.68 Å². The summed E-state index contributed by atoms with van der Waals surface area (Å²) in [7, 11) is 0. The van der Waals surface area contributed by atoms with E-state index in [1.54, 1.807) is 0 Å². The molecule has 0 fully saturated rings. The van der Waals surface area contributed by atoms with Gasteiger partial charge in [-0.25, -0.2) is 9.95 Å². The molecule has 0 saturated carbocycles. The van der Waals surface area contributed by atoms with Gasteiger partial charge in [0.1, 0.15) is 0 Å². The number of hydrogen-bond donors (Lipinski definition) is 1. The van der Waals surface area contributed by atoms with Crippen LogP contribution >= 0.6 is 0 Å². The Bertz CT molecular complexity index is 237. The van der Waals surface area contributed by atoms with Crippen molar-refractivity contribution in [3.63, 3.8) is 0 Å². The Morgan fingerprint density at radius 2 is 2.60 bits per heavy atom. The van der Waals surface area contributed by atoms with Gasteiger partial charge >= 0.3 is 5.63 Å². The number of nitrogens with one attached hydrogen (secondary N) is 1. The molecule has 1 aromatic heterocycles. The molecule has 0 radical (unpaired) electrons. The van der Waals surface area contributed by atoms with Crippen LogP contribution in [-0.2, 0) is 11.3 Å². The maximum atomic E-state index is 10.4. The number of hydrogen-bond acceptors (Lipinski definition) is 3. The summed E-state index contributed by atoms with van der Waals surface area (Å²) in [6, 6.07) is 1.37. The quantitative estimate of drug-likeness (QED) is 0.670. The predicted octanol–water partition coefficient (Wildman–Crippen LogP) is 0.504. The van der Waals surface area contributed by atoms with Gasteiger partial charge in [-0.2, -0.15) is 0 Å². The topological polar surface area (TPSA) is 55.2 Å². The van der Waals surface area contributed by atoms with Gasteiger partial charge in [-0.1, -0.05) is 0 Å². The van der Waals surface area contributed by atoms with E-state index in [9.17, 15) is 4.79 Å². The van der Waals surface area contributed by atoms with E-state index < -0.39 is 0 Å². The van der Waals surface area contributed by atoms with Crippen LogP contribution < -0.4 is 5.63 Å². The zero-order chi connectivity index (χ0) is 7.40. The lowest BCUT2D eigenvalue weighted by Crippen LogP contribution is -1.92. The first-order chi connectivity index (χ1) is 4.83. The lowest BCUT2D eigenvalue weighted by atomic mass is 10.5. The Kier molecular flexibility index (Phi) is 2.28. The summed E-state index contributed by atoms with van der Waals surface area (Å²) in [5.41, 5.74) is 0.307. The Morgan fingerprint density at radius 3 is 3.10 bits per heavy atom. The fourth-order valence-corrected chi connectivity index (χ4v) is 0.600. The number of aromatic nitrogens is 1. The van der Waals surface area contributed by atoms with Gasteiger partial charge in [-0.05, 0) is 6.92 Å². The maximum Gasteiger partial charge on any atom is 0.357 e. The number of aromatic amines is 1. The molecule has 0 aromatic carbocycles. The van der Waals surface area contributed by atoms with Crippen molar-refractivity contribution in [3.05, 3.63) is 22.2 Å². The van der Waals surface area contributed by atoms with Gasteiger partial charge < -0.3 is 9.26 Å². The lowest BCUT2D eigenvalue weighted by Gasteiger charge is -1.93. The summed E-state index contributed by atoms with van der Waals surface area (Å²) in [4.78, 5) is 10.4. The highest BCUT2D eigenvalue weighted by Gasteiger charge is 1.95. The van der Waals surface area contributed by atoms with Crippen molar-refractivity contribution in [2.24, 2.45) is 0 Å². The zero-order valence-electron chi connectivity index (χ0n) is 5.72. The third kappa shape index (κ3) is 1.73. The monoisotopic (exact) mass is 143 g/mol. The predicted molar refractivity (Wildman–Crippen MR) is 34.7 cm³/mol. The van der Waals surface area contributed by atoms with E-state index in [0.717, 1.165) is 0 Å². The van der Waals surface area contributed by atoms with Crippen LogP contribution in [0, 0.1) is 0 Å². The fourth-order valence-electron chi connectivity index (χ4n) is 0.600.